The molecule has 112 valence electrons. The molecule has 0 aromatic heterocycles. The Labute approximate surface area is 134 Å². The molecule has 0 saturated heterocycles. The second kappa shape index (κ2) is 8.05. The van der Waals surface area contributed by atoms with E-state index in [1.54, 1.807) is 7.11 Å². The quantitative estimate of drug-likeness (QED) is 0.830. The summed E-state index contributed by atoms with van der Waals surface area (Å²) in [6.45, 7) is 1.25. The molecule has 0 aliphatic rings. The highest BCUT2D eigenvalue weighted by atomic mass is 79.9. The number of ether oxygens (including phenoxy) is 2. The summed E-state index contributed by atoms with van der Waals surface area (Å²) in [5.41, 5.74) is 8.01. The molecule has 2 N–H and O–H groups in total. The molecule has 0 saturated carbocycles. The summed E-state index contributed by atoms with van der Waals surface area (Å²) >= 11 is 3.54. The van der Waals surface area contributed by atoms with Gasteiger partial charge in [-0.3, -0.25) is 0 Å². The van der Waals surface area contributed by atoms with Crippen LogP contribution in [0.1, 0.15) is 11.1 Å². The van der Waals surface area contributed by atoms with Gasteiger partial charge in [0, 0.05) is 6.42 Å². The SMILES string of the molecule is COc1ccc(CCOc2c(Br)cccc2CCN)cc1. The van der Waals surface area contributed by atoms with Crippen molar-refractivity contribution in [3.8, 4) is 11.5 Å². The smallest absolute Gasteiger partial charge is 0.136 e. The van der Waals surface area contributed by atoms with E-state index in [2.05, 4.69) is 34.1 Å². The summed E-state index contributed by atoms with van der Waals surface area (Å²) in [4.78, 5) is 0. The zero-order valence-electron chi connectivity index (χ0n) is 12.1. The molecule has 0 radical (unpaired) electrons. The summed E-state index contributed by atoms with van der Waals surface area (Å²) < 4.78 is 12.1. The Morgan fingerprint density at radius 2 is 1.81 bits per heavy atom. The van der Waals surface area contributed by atoms with Gasteiger partial charge in [0.2, 0.25) is 0 Å². The van der Waals surface area contributed by atoms with Crippen molar-refractivity contribution >= 4 is 15.9 Å². The van der Waals surface area contributed by atoms with Crippen LogP contribution < -0.4 is 15.2 Å². The van der Waals surface area contributed by atoms with Crippen molar-refractivity contribution in [2.75, 3.05) is 20.3 Å². The van der Waals surface area contributed by atoms with E-state index in [0.29, 0.717) is 13.2 Å². The normalized spacial score (nSPS) is 10.4. The average molecular weight is 350 g/mol. The predicted octanol–water partition coefficient (Wildman–Crippen LogP) is 3.58. The minimum atomic E-state index is 0.616. The van der Waals surface area contributed by atoms with Gasteiger partial charge in [-0.05, 0) is 58.2 Å². The third kappa shape index (κ3) is 4.48. The number of hydrogen-bond donors (Lipinski definition) is 1. The van der Waals surface area contributed by atoms with Crippen LogP contribution in [0.2, 0.25) is 0 Å². The van der Waals surface area contributed by atoms with Gasteiger partial charge in [-0.2, -0.15) is 0 Å². The molecule has 0 atom stereocenters. The van der Waals surface area contributed by atoms with Crippen molar-refractivity contribution < 1.29 is 9.47 Å². The third-order valence-corrected chi connectivity index (χ3v) is 3.88. The van der Waals surface area contributed by atoms with Gasteiger partial charge in [0.05, 0.1) is 18.2 Å². The highest BCUT2D eigenvalue weighted by Gasteiger charge is 2.07. The Hall–Kier alpha value is -1.52. The van der Waals surface area contributed by atoms with Crippen molar-refractivity contribution in [2.45, 2.75) is 12.8 Å². The first kappa shape index (κ1) is 15.9. The van der Waals surface area contributed by atoms with E-state index in [1.807, 2.05) is 24.3 Å². The molecule has 2 rings (SSSR count). The predicted molar refractivity (Wildman–Crippen MR) is 89.1 cm³/mol. The van der Waals surface area contributed by atoms with Gasteiger partial charge in [0.15, 0.2) is 0 Å². The number of nitrogens with two attached hydrogens (primary N) is 1. The molecule has 2 aromatic rings. The maximum absolute atomic E-state index is 5.95. The van der Waals surface area contributed by atoms with Crippen LogP contribution in [0.3, 0.4) is 0 Å². The molecule has 0 aliphatic carbocycles. The van der Waals surface area contributed by atoms with E-state index in [9.17, 15) is 0 Å². The molecule has 0 heterocycles. The van der Waals surface area contributed by atoms with E-state index >= 15 is 0 Å². The Bertz CT molecular complexity index is 570. The number of para-hydroxylation sites is 1. The zero-order valence-corrected chi connectivity index (χ0v) is 13.7. The lowest BCUT2D eigenvalue weighted by Crippen LogP contribution is -2.07. The van der Waals surface area contributed by atoms with Gasteiger partial charge >= 0.3 is 0 Å². The van der Waals surface area contributed by atoms with Crippen LogP contribution in [-0.2, 0) is 12.8 Å². The van der Waals surface area contributed by atoms with E-state index in [4.69, 9.17) is 15.2 Å². The molecule has 0 fully saturated rings. The summed E-state index contributed by atoms with van der Waals surface area (Å²) in [6.07, 6.45) is 1.67. The fourth-order valence-corrected chi connectivity index (χ4v) is 2.65. The van der Waals surface area contributed by atoms with Crippen LogP contribution >= 0.6 is 15.9 Å². The highest BCUT2D eigenvalue weighted by molar-refractivity contribution is 9.10. The van der Waals surface area contributed by atoms with Crippen LogP contribution in [0.15, 0.2) is 46.9 Å². The molecular formula is C17H20BrNO2. The first-order chi connectivity index (χ1) is 10.2. The minimum Gasteiger partial charge on any atom is -0.497 e. The fourth-order valence-electron chi connectivity index (χ4n) is 2.13. The van der Waals surface area contributed by atoms with Gasteiger partial charge in [0.1, 0.15) is 11.5 Å². The third-order valence-electron chi connectivity index (χ3n) is 3.26. The van der Waals surface area contributed by atoms with Crippen molar-refractivity contribution in [2.24, 2.45) is 5.73 Å². The standard InChI is InChI=1S/C17H20BrNO2/c1-20-15-7-5-13(6-8-15)10-12-21-17-14(9-11-19)3-2-4-16(17)18/h2-8H,9-12,19H2,1H3. The van der Waals surface area contributed by atoms with Gasteiger partial charge in [0.25, 0.3) is 0 Å². The van der Waals surface area contributed by atoms with Gasteiger partial charge in [-0.15, -0.1) is 0 Å². The van der Waals surface area contributed by atoms with Crippen LogP contribution in [0.5, 0.6) is 11.5 Å². The molecule has 4 heteroatoms. The number of rotatable bonds is 7. The van der Waals surface area contributed by atoms with Gasteiger partial charge in [-0.1, -0.05) is 24.3 Å². The van der Waals surface area contributed by atoms with Crippen LogP contribution in [0, 0.1) is 0 Å². The molecule has 3 nitrogen and oxygen atoms in total. The van der Waals surface area contributed by atoms with Crippen molar-refractivity contribution in [1.82, 2.24) is 0 Å². The van der Waals surface area contributed by atoms with E-state index in [0.717, 1.165) is 34.4 Å². The Balaban J connectivity index is 1.96. The lowest BCUT2D eigenvalue weighted by molar-refractivity contribution is 0.316. The lowest BCUT2D eigenvalue weighted by atomic mass is 10.1. The topological polar surface area (TPSA) is 44.5 Å². The first-order valence-electron chi connectivity index (χ1n) is 6.97. The van der Waals surface area contributed by atoms with E-state index in [-0.39, 0.29) is 0 Å². The second-order valence-corrected chi connectivity index (χ2v) is 5.57. The first-order valence-corrected chi connectivity index (χ1v) is 7.77. The molecule has 0 aliphatic heterocycles. The summed E-state index contributed by atoms with van der Waals surface area (Å²) in [7, 11) is 1.67. The number of hydrogen-bond acceptors (Lipinski definition) is 3. The van der Waals surface area contributed by atoms with Crippen LogP contribution in [0.4, 0.5) is 0 Å². The van der Waals surface area contributed by atoms with Crippen LogP contribution in [0.25, 0.3) is 0 Å². The maximum atomic E-state index is 5.95. The number of halogens is 1. The Kier molecular flexibility index (Phi) is 6.08. The molecular weight excluding hydrogens is 330 g/mol. The van der Waals surface area contributed by atoms with E-state index in [1.165, 1.54) is 5.56 Å². The fraction of sp³-hybridized carbons (Fsp3) is 0.294. The molecule has 21 heavy (non-hydrogen) atoms. The molecule has 0 bridgehead atoms. The summed E-state index contributed by atoms with van der Waals surface area (Å²) in [5, 5.41) is 0. The minimum absolute atomic E-state index is 0.616. The monoisotopic (exact) mass is 349 g/mol. The lowest BCUT2D eigenvalue weighted by Gasteiger charge is -2.13. The Morgan fingerprint density at radius 3 is 2.48 bits per heavy atom. The van der Waals surface area contributed by atoms with E-state index < -0.39 is 0 Å². The van der Waals surface area contributed by atoms with Crippen molar-refractivity contribution in [1.29, 1.82) is 0 Å². The zero-order chi connectivity index (χ0) is 15.1. The molecule has 0 unspecified atom stereocenters. The average Bonchev–Trinajstić information content (AvgIpc) is 2.51. The number of methoxy groups -OCH3 is 1. The van der Waals surface area contributed by atoms with Gasteiger partial charge < -0.3 is 15.2 Å². The van der Waals surface area contributed by atoms with Crippen molar-refractivity contribution in [3.63, 3.8) is 0 Å². The largest absolute Gasteiger partial charge is 0.497 e. The molecule has 0 amide bonds. The summed E-state index contributed by atoms with van der Waals surface area (Å²) in [5.74, 6) is 1.77. The second-order valence-electron chi connectivity index (χ2n) is 4.71. The number of benzene rings is 2. The molecule has 0 spiro atoms. The highest BCUT2D eigenvalue weighted by Crippen LogP contribution is 2.29. The van der Waals surface area contributed by atoms with Crippen LogP contribution in [-0.4, -0.2) is 20.3 Å². The Morgan fingerprint density at radius 1 is 1.05 bits per heavy atom. The summed E-state index contributed by atoms with van der Waals surface area (Å²) in [6, 6.07) is 14.1. The van der Waals surface area contributed by atoms with Gasteiger partial charge in [-0.25, -0.2) is 0 Å². The maximum Gasteiger partial charge on any atom is 0.136 e. The molecule has 2 aromatic carbocycles. The van der Waals surface area contributed by atoms with Crippen molar-refractivity contribution in [3.05, 3.63) is 58.1 Å².